The highest BCUT2D eigenvalue weighted by atomic mass is 32.1. The van der Waals surface area contributed by atoms with Crippen molar-refractivity contribution in [1.82, 2.24) is 38.9 Å². The summed E-state index contributed by atoms with van der Waals surface area (Å²) in [6, 6.07) is 7.62. The third kappa shape index (κ3) is 7.01. The van der Waals surface area contributed by atoms with Crippen molar-refractivity contribution >= 4 is 34.3 Å². The molecule has 5 aromatic heterocycles. The Labute approximate surface area is 303 Å². The predicted molar refractivity (Wildman–Crippen MR) is 185 cm³/mol. The Balaban J connectivity index is 1.46. The zero-order chi connectivity index (χ0) is 38.4. The number of aromatic nitrogens is 8. The summed E-state index contributed by atoms with van der Waals surface area (Å²) in [4.78, 5) is 25.5. The van der Waals surface area contributed by atoms with Gasteiger partial charge in [0.2, 0.25) is 33.7 Å². The summed E-state index contributed by atoms with van der Waals surface area (Å²) in [5.74, 6) is -1.25. The number of hydrogen-bond acceptors (Lipinski definition) is 17. The fourth-order valence-electron chi connectivity index (χ4n) is 4.98. The number of rotatable bonds is 12. The number of azo groups is 2. The molecule has 0 radical (unpaired) electrons. The van der Waals surface area contributed by atoms with Crippen LogP contribution in [0.4, 0.5) is 23.0 Å². The Hall–Kier alpha value is -7.36. The Morgan fingerprint density at radius 2 is 1.08 bits per heavy atom. The molecule has 0 aliphatic rings. The van der Waals surface area contributed by atoms with E-state index in [-0.39, 0.29) is 79.7 Å². The molecule has 0 spiro atoms. The number of hydrogen-bond donors (Lipinski definition) is 2. The zero-order valence-electron chi connectivity index (χ0n) is 28.7. The quantitative estimate of drug-likeness (QED) is 0.157. The van der Waals surface area contributed by atoms with E-state index in [1.807, 2.05) is 38.1 Å². The van der Waals surface area contributed by atoms with Crippen molar-refractivity contribution in [3.63, 3.8) is 0 Å². The van der Waals surface area contributed by atoms with E-state index in [4.69, 9.17) is 0 Å². The van der Waals surface area contributed by atoms with Gasteiger partial charge in [0.25, 0.3) is 11.1 Å². The van der Waals surface area contributed by atoms with E-state index < -0.39 is 22.9 Å². The van der Waals surface area contributed by atoms with E-state index in [9.17, 15) is 40.8 Å². The molecule has 0 aliphatic carbocycles. The van der Waals surface area contributed by atoms with E-state index in [0.29, 0.717) is 12.8 Å². The van der Waals surface area contributed by atoms with Crippen molar-refractivity contribution in [2.75, 3.05) is 0 Å². The first kappa shape index (κ1) is 36.9. The average molecular weight is 733 g/mol. The van der Waals surface area contributed by atoms with Gasteiger partial charge in [0.15, 0.2) is 11.4 Å². The summed E-state index contributed by atoms with van der Waals surface area (Å²) in [6.45, 7) is 7.05. The van der Waals surface area contributed by atoms with E-state index in [0.717, 1.165) is 33.3 Å². The fourth-order valence-corrected chi connectivity index (χ4v) is 5.68. The number of unbranched alkanes of at least 4 members (excludes halogenated alkanes) is 2. The van der Waals surface area contributed by atoms with Crippen LogP contribution in [0.5, 0.6) is 11.8 Å². The molecule has 20 nitrogen and oxygen atoms in total. The van der Waals surface area contributed by atoms with Crippen LogP contribution >= 0.6 is 11.3 Å². The van der Waals surface area contributed by atoms with Gasteiger partial charge in [-0.3, -0.25) is 18.7 Å². The molecule has 0 saturated carbocycles. The number of aromatic hydroxyl groups is 2. The highest BCUT2D eigenvalue weighted by Gasteiger charge is 2.22. The van der Waals surface area contributed by atoms with Gasteiger partial charge in [-0.05, 0) is 26.7 Å². The summed E-state index contributed by atoms with van der Waals surface area (Å²) < 4.78 is 4.54. The SMILES string of the molecule is CCCCn1c(O)c(N=Nc2nn(-c3nnc(-n4cc(C#N)c(N=Nc5c(C)c(C#N)c(=O)n(CCCC)c5O)n4)s3)cc2C#N)c(C)c(C#N)c1=O. The van der Waals surface area contributed by atoms with Crippen LogP contribution in [0.25, 0.3) is 10.3 Å². The van der Waals surface area contributed by atoms with Crippen LogP contribution in [0.2, 0.25) is 0 Å². The van der Waals surface area contributed by atoms with Crippen molar-refractivity contribution in [2.24, 2.45) is 20.5 Å². The highest BCUT2D eigenvalue weighted by Crippen LogP contribution is 2.35. The molecular weight excluding hydrogens is 705 g/mol. The summed E-state index contributed by atoms with van der Waals surface area (Å²) in [5.41, 5.74) is -1.74. The predicted octanol–water partition coefficient (Wildman–Crippen LogP) is 5.18. The molecule has 0 aliphatic heterocycles. The van der Waals surface area contributed by atoms with E-state index in [2.05, 4.69) is 40.9 Å². The molecule has 266 valence electrons. The molecule has 5 rings (SSSR count). The minimum atomic E-state index is -0.646. The largest absolute Gasteiger partial charge is 0.493 e. The van der Waals surface area contributed by atoms with Crippen LogP contribution < -0.4 is 11.1 Å². The van der Waals surface area contributed by atoms with Crippen LogP contribution in [0, 0.1) is 59.2 Å². The molecule has 0 unspecified atom stereocenters. The van der Waals surface area contributed by atoms with Crippen LogP contribution in [0.15, 0.2) is 42.4 Å². The van der Waals surface area contributed by atoms with Crippen molar-refractivity contribution in [2.45, 2.75) is 66.5 Å². The number of nitrogens with zero attached hydrogens (tertiary/aromatic N) is 16. The van der Waals surface area contributed by atoms with Crippen LogP contribution in [0.3, 0.4) is 0 Å². The lowest BCUT2D eigenvalue weighted by Crippen LogP contribution is -2.23. The summed E-state index contributed by atoms with van der Waals surface area (Å²) in [7, 11) is 0. The van der Waals surface area contributed by atoms with E-state index in [1.54, 1.807) is 0 Å². The molecule has 0 fully saturated rings. The summed E-state index contributed by atoms with van der Waals surface area (Å²) in [6.07, 6.45) is 5.24. The molecule has 0 atom stereocenters. The lowest BCUT2D eigenvalue weighted by atomic mass is 10.1. The summed E-state index contributed by atoms with van der Waals surface area (Å²) in [5, 5.41) is 93.6. The molecule has 21 heteroatoms. The van der Waals surface area contributed by atoms with Crippen LogP contribution in [0.1, 0.15) is 72.9 Å². The first-order valence-corrected chi connectivity index (χ1v) is 16.7. The molecular formula is C32H28N16O4S. The number of nitriles is 4. The first-order valence-electron chi connectivity index (χ1n) is 15.9. The van der Waals surface area contributed by atoms with Gasteiger partial charge in [-0.15, -0.1) is 40.9 Å². The summed E-state index contributed by atoms with van der Waals surface area (Å²) >= 11 is 0.962. The van der Waals surface area contributed by atoms with Gasteiger partial charge < -0.3 is 10.2 Å². The highest BCUT2D eigenvalue weighted by molar-refractivity contribution is 7.16. The normalized spacial score (nSPS) is 11.2. The van der Waals surface area contributed by atoms with E-state index >= 15 is 0 Å². The molecule has 0 bridgehead atoms. The molecule has 0 saturated heterocycles. The van der Waals surface area contributed by atoms with Gasteiger partial charge >= 0.3 is 0 Å². The monoisotopic (exact) mass is 732 g/mol. The second kappa shape index (κ2) is 15.7. The Morgan fingerprint density at radius 1 is 0.679 bits per heavy atom. The maximum atomic E-state index is 12.7. The molecule has 5 heterocycles. The smallest absolute Gasteiger partial charge is 0.271 e. The second-order valence-electron chi connectivity index (χ2n) is 11.3. The molecule has 0 aromatic carbocycles. The fraction of sp³-hybridized carbons (Fsp3) is 0.312. The Bertz CT molecular complexity index is 2420. The van der Waals surface area contributed by atoms with Crippen molar-refractivity contribution in [1.29, 1.82) is 21.0 Å². The van der Waals surface area contributed by atoms with E-state index in [1.165, 1.54) is 35.6 Å². The maximum Gasteiger partial charge on any atom is 0.271 e. The van der Waals surface area contributed by atoms with Gasteiger partial charge in [-0.2, -0.15) is 21.0 Å². The molecule has 5 aromatic rings. The minimum Gasteiger partial charge on any atom is -0.493 e. The lowest BCUT2D eigenvalue weighted by molar-refractivity contribution is 0.401. The van der Waals surface area contributed by atoms with Gasteiger partial charge in [-0.1, -0.05) is 38.0 Å². The van der Waals surface area contributed by atoms with Crippen molar-refractivity contribution < 1.29 is 10.2 Å². The Kier molecular flexibility index (Phi) is 10.9. The molecule has 0 amide bonds. The third-order valence-electron chi connectivity index (χ3n) is 7.92. The third-order valence-corrected chi connectivity index (χ3v) is 8.83. The van der Waals surface area contributed by atoms with Gasteiger partial charge in [0.05, 0.1) is 12.4 Å². The maximum absolute atomic E-state index is 12.7. The van der Waals surface area contributed by atoms with Crippen molar-refractivity contribution in [3.8, 4) is 46.3 Å². The molecule has 2 N–H and O–H groups in total. The van der Waals surface area contributed by atoms with Gasteiger partial charge in [0.1, 0.15) is 46.5 Å². The zero-order valence-corrected chi connectivity index (χ0v) is 29.5. The van der Waals surface area contributed by atoms with Gasteiger partial charge in [0, 0.05) is 24.2 Å². The standard InChI is InChI=1S/C32H28N16O4S/c1-5-7-9-45-27(49)21(13-35)17(3)23(29(45)51)37-39-25-19(11-33)15-47(43-25)31-41-42-32(53-31)48-16-20(12-34)26(44-48)40-38-24-18(4)22(14-36)28(50)46(30(24)52)10-8-6-2/h15-16,51-52H,5-10H2,1-4H3. The second-order valence-corrected chi connectivity index (χ2v) is 12.2. The van der Waals surface area contributed by atoms with Crippen LogP contribution in [-0.2, 0) is 13.1 Å². The van der Waals surface area contributed by atoms with Crippen LogP contribution in [-0.4, -0.2) is 49.1 Å². The molecule has 53 heavy (non-hydrogen) atoms. The van der Waals surface area contributed by atoms with Crippen molar-refractivity contribution in [3.05, 3.63) is 66.5 Å². The van der Waals surface area contributed by atoms with Gasteiger partial charge in [-0.25, -0.2) is 9.36 Å². The number of pyridine rings is 2. The average Bonchev–Trinajstić information content (AvgIpc) is 3.90. The minimum absolute atomic E-state index is 0.0184. The Morgan fingerprint density at radius 3 is 1.42 bits per heavy atom. The lowest BCUT2D eigenvalue weighted by Gasteiger charge is -2.12. The topological polar surface area (TPSA) is 290 Å². The first-order chi connectivity index (χ1) is 25.5.